The van der Waals surface area contributed by atoms with E-state index in [0.717, 1.165) is 10.9 Å². The first-order valence-electron chi connectivity index (χ1n) is 14.1. The number of nitrogens with one attached hydrogen (secondary N) is 3. The van der Waals surface area contributed by atoms with Crippen molar-refractivity contribution in [3.05, 3.63) is 87.8 Å². The number of fused-ring (bicyclic) bond motifs is 1. The van der Waals surface area contributed by atoms with Crippen molar-refractivity contribution in [1.82, 2.24) is 20.0 Å². The van der Waals surface area contributed by atoms with Gasteiger partial charge < -0.3 is 48.3 Å². The molecule has 240 valence electrons. The Morgan fingerprint density at radius 3 is 2.46 bits per heavy atom. The highest BCUT2D eigenvalue weighted by Gasteiger charge is 2.17. The summed E-state index contributed by atoms with van der Waals surface area (Å²) in [4.78, 5) is 30.1. The number of carbonyl (C=O) groups is 1. The van der Waals surface area contributed by atoms with E-state index in [0.29, 0.717) is 34.8 Å². The first-order valence-corrected chi connectivity index (χ1v) is 14.1. The smallest absolute Gasteiger partial charge is 0.294 e. The van der Waals surface area contributed by atoms with E-state index in [1.165, 1.54) is 35.0 Å². The van der Waals surface area contributed by atoms with E-state index in [4.69, 9.17) is 32.9 Å². The highest BCUT2D eigenvalue weighted by molar-refractivity contribution is 5.97. The van der Waals surface area contributed by atoms with Crippen LogP contribution in [-0.2, 0) is 24.4 Å². The van der Waals surface area contributed by atoms with Crippen LogP contribution in [0.15, 0.2) is 70.1 Å². The molecule has 0 saturated heterocycles. The molecular formula is C31H36N10O5. The van der Waals surface area contributed by atoms with Gasteiger partial charge in [0.2, 0.25) is 5.91 Å². The third-order valence-electron chi connectivity index (χ3n) is 6.66. The van der Waals surface area contributed by atoms with Gasteiger partial charge in [-0.25, -0.2) is 4.98 Å². The molecule has 46 heavy (non-hydrogen) atoms. The maximum Gasteiger partial charge on any atom is 0.294 e. The predicted octanol–water partition coefficient (Wildman–Crippen LogP) is 2.19. The minimum absolute atomic E-state index is 0.0598. The lowest BCUT2D eigenvalue weighted by atomic mass is 10.1. The lowest BCUT2D eigenvalue weighted by molar-refractivity contribution is -0.121. The van der Waals surface area contributed by atoms with Gasteiger partial charge in [0.1, 0.15) is 23.9 Å². The van der Waals surface area contributed by atoms with Crippen molar-refractivity contribution < 1.29 is 19.5 Å². The highest BCUT2D eigenvalue weighted by Crippen LogP contribution is 2.26. The molecule has 1 amide bonds. The zero-order chi connectivity index (χ0) is 33.5. The summed E-state index contributed by atoms with van der Waals surface area (Å²) in [6.45, 7) is 3.96. The number of aromatic nitrogens is 3. The van der Waals surface area contributed by atoms with Gasteiger partial charge in [-0.05, 0) is 61.4 Å². The number of hydrogen-bond acceptors (Lipinski definition) is 12. The second-order valence-electron chi connectivity index (χ2n) is 10.6. The van der Waals surface area contributed by atoms with Gasteiger partial charge in [0.15, 0.2) is 17.2 Å². The van der Waals surface area contributed by atoms with Crippen LogP contribution in [0.3, 0.4) is 0 Å². The molecule has 0 aliphatic heterocycles. The van der Waals surface area contributed by atoms with Crippen molar-refractivity contribution in [2.24, 2.45) is 11.5 Å². The normalized spacial score (nSPS) is 10.8. The number of amidine groups is 1. The largest absolute Gasteiger partial charge is 0.508 e. The fourth-order valence-corrected chi connectivity index (χ4v) is 4.47. The summed E-state index contributed by atoms with van der Waals surface area (Å²) in [6.07, 6.45) is 1.44. The number of nitrogens with zero attached hydrogens (tertiary/aromatic N) is 3. The van der Waals surface area contributed by atoms with Crippen molar-refractivity contribution in [2.75, 3.05) is 16.8 Å². The molecule has 0 aliphatic carbocycles. The third kappa shape index (κ3) is 7.89. The minimum atomic E-state index is -0.508. The van der Waals surface area contributed by atoms with Gasteiger partial charge in [0, 0.05) is 36.4 Å². The summed E-state index contributed by atoms with van der Waals surface area (Å²) in [5.41, 5.74) is 25.2. The quantitative estimate of drug-likeness (QED) is 0.0645. The Hall–Kier alpha value is -6.09. The van der Waals surface area contributed by atoms with Gasteiger partial charge in [-0.3, -0.25) is 19.6 Å². The van der Waals surface area contributed by atoms with Gasteiger partial charge in [-0.15, -0.1) is 0 Å². The van der Waals surface area contributed by atoms with Gasteiger partial charge >= 0.3 is 0 Å². The molecule has 0 fully saturated rings. The van der Waals surface area contributed by atoms with E-state index in [-0.39, 0.29) is 53.5 Å². The molecule has 5 rings (SSSR count). The topological polar surface area (TPSA) is 270 Å². The summed E-state index contributed by atoms with van der Waals surface area (Å²) in [5.74, 6) is -0.475. The van der Waals surface area contributed by atoms with Crippen LogP contribution in [-0.4, -0.2) is 42.7 Å². The maximum absolute atomic E-state index is 13.1. The van der Waals surface area contributed by atoms with E-state index in [2.05, 4.69) is 20.8 Å². The summed E-state index contributed by atoms with van der Waals surface area (Å²) in [7, 11) is 0. The van der Waals surface area contributed by atoms with Crippen LogP contribution in [0, 0.1) is 5.41 Å². The Bertz CT molecular complexity index is 1930. The van der Waals surface area contributed by atoms with Crippen LogP contribution in [0.1, 0.15) is 30.5 Å². The number of amides is 1. The molecule has 13 N–H and O–H groups in total. The fraction of sp³-hybridized carbons (Fsp3) is 0.194. The second kappa shape index (κ2) is 14.1. The van der Waals surface area contributed by atoms with E-state index in [1.807, 2.05) is 32.0 Å². The number of nitrogens with two attached hydrogens (primary N) is 4. The Labute approximate surface area is 263 Å². The molecule has 0 saturated carbocycles. The number of benzene rings is 3. The number of phenolic OH excluding ortho intramolecular Hbond substituents is 2. The maximum atomic E-state index is 13.1. The van der Waals surface area contributed by atoms with Crippen LogP contribution in [0.4, 0.5) is 17.3 Å². The molecule has 0 bridgehead atoms. The average molecular weight is 629 g/mol. The first kappa shape index (κ1) is 32.8. The van der Waals surface area contributed by atoms with Gasteiger partial charge in [0.25, 0.3) is 5.56 Å². The van der Waals surface area contributed by atoms with Crippen molar-refractivity contribution >= 4 is 40.0 Å². The molecule has 15 nitrogen and oxygen atoms in total. The number of rotatable bonds is 9. The summed E-state index contributed by atoms with van der Waals surface area (Å²) in [5, 5.41) is 37.5. The molecular weight excluding hydrogens is 592 g/mol. The number of anilines is 3. The Morgan fingerprint density at radius 1 is 1.07 bits per heavy atom. The monoisotopic (exact) mass is 628 g/mol. The SMILES string of the molecule is CC(C)Nc1ncc(-c2cc(N)cc(O)c2)n(CC(=O)NCc2ccc(C(=N)N)c(O)c2)c1=O.NCc1ccc2c(N)noc2c1. The molecule has 0 unspecified atom stereocenters. The second-order valence-corrected chi connectivity index (χ2v) is 10.6. The number of nitrogen functional groups attached to an aromatic ring is 3. The van der Waals surface area contributed by atoms with Crippen molar-refractivity contribution in [2.45, 2.75) is 39.5 Å². The minimum Gasteiger partial charge on any atom is -0.508 e. The third-order valence-corrected chi connectivity index (χ3v) is 6.66. The fourth-order valence-electron chi connectivity index (χ4n) is 4.47. The zero-order valence-electron chi connectivity index (χ0n) is 25.2. The molecule has 15 heteroatoms. The Kier molecular flexibility index (Phi) is 10.1. The van der Waals surface area contributed by atoms with Crippen LogP contribution in [0.5, 0.6) is 11.5 Å². The highest BCUT2D eigenvalue weighted by atomic mass is 16.5. The summed E-state index contributed by atoms with van der Waals surface area (Å²) in [6, 6.07) is 14.4. The molecule has 5 aromatic rings. The average Bonchev–Trinajstić information content (AvgIpc) is 3.37. The summed E-state index contributed by atoms with van der Waals surface area (Å²) >= 11 is 0. The van der Waals surface area contributed by atoms with Crippen LogP contribution in [0.25, 0.3) is 22.2 Å². The van der Waals surface area contributed by atoms with Gasteiger partial charge in [-0.1, -0.05) is 17.3 Å². The number of phenols is 2. The van der Waals surface area contributed by atoms with E-state index in [1.54, 1.807) is 12.1 Å². The Balaban J connectivity index is 0.000000331. The lowest BCUT2D eigenvalue weighted by Gasteiger charge is -2.16. The van der Waals surface area contributed by atoms with Crippen LogP contribution >= 0.6 is 0 Å². The number of hydrogen-bond donors (Lipinski definition) is 9. The molecule has 0 radical (unpaired) electrons. The molecule has 3 aromatic carbocycles. The molecule has 2 aromatic heterocycles. The van der Waals surface area contributed by atoms with Crippen molar-refractivity contribution in [3.8, 4) is 22.8 Å². The summed E-state index contributed by atoms with van der Waals surface area (Å²) < 4.78 is 6.21. The van der Waals surface area contributed by atoms with Crippen LogP contribution < -0.4 is 39.1 Å². The standard InChI is InChI=1S/C23H27N7O4.C8H9N3O/c1-12(2)29-22-23(34)30(18(10-28-22)14-6-15(24)8-16(31)7-14)11-20(33)27-9-13-3-4-17(21(25)26)19(32)5-13;9-4-5-1-2-6-7(3-5)12-11-8(6)10/h3-8,10,12,31-32H,9,11,24H2,1-2H3,(H3,25,26)(H,27,33)(H,28,29);1-3H,4,9H2,(H2,10,11). The van der Waals surface area contributed by atoms with E-state index >= 15 is 0 Å². The van der Waals surface area contributed by atoms with Gasteiger partial charge in [0.05, 0.1) is 22.8 Å². The Morgan fingerprint density at radius 2 is 1.80 bits per heavy atom. The van der Waals surface area contributed by atoms with Crippen LogP contribution in [0.2, 0.25) is 0 Å². The lowest BCUT2D eigenvalue weighted by Crippen LogP contribution is -2.35. The molecule has 0 spiro atoms. The van der Waals surface area contributed by atoms with Crippen molar-refractivity contribution in [1.29, 1.82) is 5.41 Å². The first-order chi connectivity index (χ1) is 21.9. The zero-order valence-corrected chi connectivity index (χ0v) is 25.2. The number of carbonyl (C=O) groups excluding carboxylic acids is 1. The van der Waals surface area contributed by atoms with E-state index in [9.17, 15) is 19.8 Å². The molecule has 0 atom stereocenters. The van der Waals surface area contributed by atoms with Gasteiger partial charge in [-0.2, -0.15) is 0 Å². The van der Waals surface area contributed by atoms with Crippen molar-refractivity contribution in [3.63, 3.8) is 0 Å². The molecule has 2 heterocycles. The molecule has 0 aliphatic rings. The van der Waals surface area contributed by atoms with E-state index < -0.39 is 11.5 Å². The predicted molar refractivity (Wildman–Crippen MR) is 176 cm³/mol. The number of aromatic hydroxyl groups is 2.